The standard InChI is InChI=1S/C11H21N3O3S/c15-11-10(6-5-7-12-11)13-18(16,17)14-8-3-1-2-4-9-14/h10,13H,1-9H2,(H,12,15). The highest BCUT2D eigenvalue weighted by Gasteiger charge is 2.30. The Morgan fingerprint density at radius 1 is 1.11 bits per heavy atom. The van der Waals surface area contributed by atoms with Gasteiger partial charge in [-0.05, 0) is 25.7 Å². The molecule has 7 heteroatoms. The first-order chi connectivity index (χ1) is 8.59. The summed E-state index contributed by atoms with van der Waals surface area (Å²) in [7, 11) is -3.52. The largest absolute Gasteiger partial charge is 0.355 e. The van der Waals surface area contributed by atoms with E-state index < -0.39 is 16.3 Å². The van der Waals surface area contributed by atoms with Gasteiger partial charge in [-0.3, -0.25) is 4.79 Å². The number of hydrogen-bond donors (Lipinski definition) is 2. The third-order valence-electron chi connectivity index (χ3n) is 3.48. The lowest BCUT2D eigenvalue weighted by Crippen LogP contribution is -2.53. The normalized spacial score (nSPS) is 27.6. The fraction of sp³-hybridized carbons (Fsp3) is 0.909. The second-order valence-electron chi connectivity index (χ2n) is 4.92. The molecule has 1 unspecified atom stereocenters. The molecule has 2 heterocycles. The Morgan fingerprint density at radius 2 is 1.78 bits per heavy atom. The van der Waals surface area contributed by atoms with Crippen LogP contribution < -0.4 is 10.0 Å². The lowest BCUT2D eigenvalue weighted by molar-refractivity contribution is -0.124. The molecule has 18 heavy (non-hydrogen) atoms. The van der Waals surface area contributed by atoms with Gasteiger partial charge in [-0.15, -0.1) is 0 Å². The number of piperidine rings is 1. The van der Waals surface area contributed by atoms with Crippen molar-refractivity contribution in [2.24, 2.45) is 0 Å². The molecule has 6 nitrogen and oxygen atoms in total. The summed E-state index contributed by atoms with van der Waals surface area (Å²) in [6, 6.07) is -0.605. The van der Waals surface area contributed by atoms with Crippen molar-refractivity contribution >= 4 is 16.1 Å². The molecule has 2 saturated heterocycles. The molecule has 2 fully saturated rings. The first kappa shape index (κ1) is 13.8. The van der Waals surface area contributed by atoms with E-state index in [0.717, 1.165) is 32.1 Å². The highest BCUT2D eigenvalue weighted by atomic mass is 32.2. The van der Waals surface area contributed by atoms with Gasteiger partial charge in [0.15, 0.2) is 0 Å². The predicted molar refractivity (Wildman–Crippen MR) is 68.1 cm³/mol. The lowest BCUT2D eigenvalue weighted by Gasteiger charge is -2.26. The minimum Gasteiger partial charge on any atom is -0.355 e. The van der Waals surface area contributed by atoms with Crippen LogP contribution in [-0.2, 0) is 15.0 Å². The van der Waals surface area contributed by atoms with E-state index in [4.69, 9.17) is 0 Å². The van der Waals surface area contributed by atoms with E-state index in [1.165, 1.54) is 4.31 Å². The zero-order chi connectivity index (χ0) is 13.0. The summed E-state index contributed by atoms with van der Waals surface area (Å²) in [5.74, 6) is -0.209. The van der Waals surface area contributed by atoms with Gasteiger partial charge in [0.1, 0.15) is 6.04 Å². The van der Waals surface area contributed by atoms with E-state index in [1.54, 1.807) is 0 Å². The third-order valence-corrected chi connectivity index (χ3v) is 5.11. The van der Waals surface area contributed by atoms with Crippen molar-refractivity contribution < 1.29 is 13.2 Å². The summed E-state index contributed by atoms with van der Waals surface area (Å²) in [6.07, 6.45) is 5.36. The average Bonchev–Trinajstić information content (AvgIpc) is 2.61. The topological polar surface area (TPSA) is 78.5 Å². The van der Waals surface area contributed by atoms with Crippen LogP contribution in [0.2, 0.25) is 0 Å². The van der Waals surface area contributed by atoms with Crippen molar-refractivity contribution in [1.29, 1.82) is 0 Å². The van der Waals surface area contributed by atoms with Crippen LogP contribution in [0.15, 0.2) is 0 Å². The fourth-order valence-corrected chi connectivity index (χ4v) is 3.89. The molecule has 0 radical (unpaired) electrons. The molecule has 0 bridgehead atoms. The first-order valence-electron chi connectivity index (χ1n) is 6.65. The van der Waals surface area contributed by atoms with Crippen molar-refractivity contribution in [2.75, 3.05) is 19.6 Å². The van der Waals surface area contributed by atoms with Gasteiger partial charge in [0.2, 0.25) is 5.91 Å². The Kier molecular flexibility index (Phi) is 4.58. The van der Waals surface area contributed by atoms with Gasteiger partial charge in [-0.1, -0.05) is 12.8 Å². The monoisotopic (exact) mass is 275 g/mol. The Balaban J connectivity index is 1.98. The van der Waals surface area contributed by atoms with E-state index in [1.807, 2.05) is 0 Å². The quantitative estimate of drug-likeness (QED) is 0.759. The number of hydrogen-bond acceptors (Lipinski definition) is 3. The average molecular weight is 275 g/mol. The minimum atomic E-state index is -3.52. The predicted octanol–water partition coefficient (Wildman–Crippen LogP) is -0.0246. The lowest BCUT2D eigenvalue weighted by atomic mass is 10.1. The number of rotatable bonds is 3. The van der Waals surface area contributed by atoms with Crippen LogP contribution in [0, 0.1) is 0 Å². The highest BCUT2D eigenvalue weighted by Crippen LogP contribution is 2.14. The Bertz CT molecular complexity index is 388. The van der Waals surface area contributed by atoms with Gasteiger partial charge < -0.3 is 5.32 Å². The van der Waals surface area contributed by atoms with E-state index in [2.05, 4.69) is 10.0 Å². The van der Waals surface area contributed by atoms with Crippen LogP contribution in [0.5, 0.6) is 0 Å². The molecule has 0 aromatic carbocycles. The molecule has 0 spiro atoms. The maximum Gasteiger partial charge on any atom is 0.280 e. The Morgan fingerprint density at radius 3 is 2.39 bits per heavy atom. The van der Waals surface area contributed by atoms with Crippen LogP contribution in [0.4, 0.5) is 0 Å². The van der Waals surface area contributed by atoms with Gasteiger partial charge >= 0.3 is 0 Å². The van der Waals surface area contributed by atoms with Gasteiger partial charge in [0.05, 0.1) is 0 Å². The zero-order valence-electron chi connectivity index (χ0n) is 10.5. The fourth-order valence-electron chi connectivity index (χ4n) is 2.42. The summed E-state index contributed by atoms with van der Waals surface area (Å²) in [5.41, 5.74) is 0. The summed E-state index contributed by atoms with van der Waals surface area (Å²) in [5, 5.41) is 2.69. The molecule has 2 aliphatic heterocycles. The van der Waals surface area contributed by atoms with E-state index >= 15 is 0 Å². The first-order valence-corrected chi connectivity index (χ1v) is 8.09. The SMILES string of the molecule is O=C1NCCCC1NS(=O)(=O)N1CCCCCC1. The van der Waals surface area contributed by atoms with Gasteiger partial charge in [-0.2, -0.15) is 17.4 Å². The molecule has 0 saturated carbocycles. The smallest absolute Gasteiger partial charge is 0.280 e. The molecule has 104 valence electrons. The van der Waals surface area contributed by atoms with Crippen molar-refractivity contribution in [2.45, 2.75) is 44.6 Å². The van der Waals surface area contributed by atoms with E-state index in [9.17, 15) is 13.2 Å². The van der Waals surface area contributed by atoms with E-state index in [-0.39, 0.29) is 5.91 Å². The molecule has 1 atom stereocenters. The van der Waals surface area contributed by atoms with Gasteiger partial charge in [-0.25, -0.2) is 0 Å². The highest BCUT2D eigenvalue weighted by molar-refractivity contribution is 7.87. The number of carbonyl (C=O) groups excluding carboxylic acids is 1. The number of amides is 1. The van der Waals surface area contributed by atoms with Crippen LogP contribution >= 0.6 is 0 Å². The molecular weight excluding hydrogens is 254 g/mol. The van der Waals surface area contributed by atoms with Crippen LogP contribution in [0.25, 0.3) is 0 Å². The molecule has 0 aromatic rings. The van der Waals surface area contributed by atoms with Crippen LogP contribution in [0.1, 0.15) is 38.5 Å². The van der Waals surface area contributed by atoms with Crippen molar-refractivity contribution in [3.63, 3.8) is 0 Å². The van der Waals surface area contributed by atoms with Crippen LogP contribution in [-0.4, -0.2) is 44.3 Å². The summed E-state index contributed by atoms with van der Waals surface area (Å²) in [6.45, 7) is 1.76. The number of nitrogens with one attached hydrogen (secondary N) is 2. The summed E-state index contributed by atoms with van der Waals surface area (Å²) < 4.78 is 28.4. The van der Waals surface area contributed by atoms with Crippen LogP contribution in [0.3, 0.4) is 0 Å². The molecule has 0 aromatic heterocycles. The third kappa shape index (κ3) is 3.43. The Hall–Kier alpha value is -0.660. The van der Waals surface area contributed by atoms with Crippen molar-refractivity contribution in [3.05, 3.63) is 0 Å². The van der Waals surface area contributed by atoms with Gasteiger partial charge in [0, 0.05) is 19.6 Å². The second kappa shape index (κ2) is 5.99. The number of carbonyl (C=O) groups is 1. The van der Waals surface area contributed by atoms with Crippen molar-refractivity contribution in [1.82, 2.24) is 14.3 Å². The van der Waals surface area contributed by atoms with Gasteiger partial charge in [0.25, 0.3) is 10.2 Å². The van der Waals surface area contributed by atoms with Crippen molar-refractivity contribution in [3.8, 4) is 0 Å². The maximum absolute atomic E-state index is 12.2. The molecule has 2 N–H and O–H groups in total. The molecule has 0 aliphatic carbocycles. The second-order valence-corrected chi connectivity index (χ2v) is 6.62. The maximum atomic E-state index is 12.2. The minimum absolute atomic E-state index is 0.209. The summed E-state index contributed by atoms with van der Waals surface area (Å²) >= 11 is 0. The molecular formula is C11H21N3O3S. The Labute approximate surface area is 108 Å². The molecule has 2 aliphatic rings. The molecule has 2 rings (SSSR count). The zero-order valence-corrected chi connectivity index (χ0v) is 11.3. The van der Waals surface area contributed by atoms with E-state index in [0.29, 0.717) is 26.1 Å². The molecule has 1 amide bonds. The summed E-state index contributed by atoms with van der Waals surface area (Å²) in [4.78, 5) is 11.6. The number of nitrogens with zero attached hydrogens (tertiary/aromatic N) is 1.